The van der Waals surface area contributed by atoms with Gasteiger partial charge in [-0.25, -0.2) is 14.5 Å². The molecule has 0 aromatic rings. The number of imide groups is 1. The smallest absolute Gasteiger partial charge is 0.420 e. The van der Waals surface area contributed by atoms with Crippen LogP contribution in [-0.2, 0) is 14.3 Å². The van der Waals surface area contributed by atoms with Gasteiger partial charge in [-0.05, 0) is 48.0 Å². The van der Waals surface area contributed by atoms with E-state index in [1.807, 2.05) is 0 Å². The number of carbonyl (C=O) groups excluding carboxylic acids is 2. The molecule has 2 atom stereocenters. The first-order valence-corrected chi connectivity index (χ1v) is 6.80. The number of carboxylic acid groups (broad SMARTS) is 1. The molecule has 0 aromatic heterocycles. The van der Waals surface area contributed by atoms with Gasteiger partial charge >= 0.3 is 18.2 Å². The van der Waals surface area contributed by atoms with Gasteiger partial charge in [-0.15, -0.1) is 0 Å². The molecule has 1 N–H and O–H groups in total. The predicted octanol–water partition coefficient (Wildman–Crippen LogP) is 2.63. The zero-order valence-corrected chi connectivity index (χ0v) is 13.3. The zero-order valence-electron chi connectivity index (χ0n) is 13.3. The molecule has 2 unspecified atom stereocenters. The van der Waals surface area contributed by atoms with Crippen molar-refractivity contribution in [3.8, 4) is 0 Å². The van der Waals surface area contributed by atoms with Gasteiger partial charge < -0.3 is 14.6 Å². The normalized spacial score (nSPS) is 21.4. The number of hydrogen-bond donors (Lipinski definition) is 1. The Morgan fingerprint density at radius 3 is 1.57 bits per heavy atom. The highest BCUT2D eigenvalue weighted by atomic mass is 16.6. The molecule has 120 valence electrons. The van der Waals surface area contributed by atoms with E-state index in [1.54, 1.807) is 41.5 Å². The molecule has 1 saturated carbocycles. The minimum Gasteiger partial charge on any atom is -0.481 e. The average molecular weight is 301 g/mol. The van der Waals surface area contributed by atoms with Crippen molar-refractivity contribution in [2.75, 3.05) is 0 Å². The van der Waals surface area contributed by atoms with E-state index in [2.05, 4.69) is 0 Å². The van der Waals surface area contributed by atoms with Gasteiger partial charge in [0.1, 0.15) is 11.2 Å². The van der Waals surface area contributed by atoms with Crippen LogP contribution in [0.4, 0.5) is 9.59 Å². The maximum atomic E-state index is 12.1. The minimum atomic E-state index is -1.04. The third-order valence-electron chi connectivity index (χ3n) is 2.59. The standard InChI is InChI=1S/C14H23NO6/c1-13(2,3)20-11(18)15(9-7-8(9)10(16)17)12(19)21-14(4,5)6/h8-9H,7H2,1-6H3,(H,16,17). The number of nitrogens with zero attached hydrogens (tertiary/aromatic N) is 1. The third-order valence-corrected chi connectivity index (χ3v) is 2.59. The highest BCUT2D eigenvalue weighted by Crippen LogP contribution is 2.37. The van der Waals surface area contributed by atoms with E-state index in [9.17, 15) is 14.4 Å². The second-order valence-corrected chi connectivity index (χ2v) is 7.08. The average Bonchev–Trinajstić information content (AvgIpc) is 2.91. The van der Waals surface area contributed by atoms with Crippen molar-refractivity contribution in [3.05, 3.63) is 0 Å². The molecule has 1 aliphatic carbocycles. The lowest BCUT2D eigenvalue weighted by Crippen LogP contribution is -2.45. The fourth-order valence-electron chi connectivity index (χ4n) is 1.70. The number of ether oxygens (including phenoxy) is 2. The molecule has 0 aliphatic heterocycles. The molecule has 0 aromatic carbocycles. The Morgan fingerprint density at radius 1 is 0.952 bits per heavy atom. The topological polar surface area (TPSA) is 93.1 Å². The van der Waals surface area contributed by atoms with Gasteiger partial charge in [0.05, 0.1) is 12.0 Å². The first-order chi connectivity index (χ1) is 9.32. The molecule has 0 spiro atoms. The van der Waals surface area contributed by atoms with Crippen molar-refractivity contribution in [2.24, 2.45) is 5.92 Å². The molecule has 0 bridgehead atoms. The van der Waals surface area contributed by atoms with Crippen LogP contribution in [0.25, 0.3) is 0 Å². The van der Waals surface area contributed by atoms with Crippen molar-refractivity contribution in [1.29, 1.82) is 0 Å². The van der Waals surface area contributed by atoms with Crippen LogP contribution in [0.5, 0.6) is 0 Å². The van der Waals surface area contributed by atoms with E-state index in [-0.39, 0.29) is 6.42 Å². The summed E-state index contributed by atoms with van der Waals surface area (Å²) in [5.74, 6) is -1.80. The fraction of sp³-hybridized carbons (Fsp3) is 0.786. The molecule has 7 nitrogen and oxygen atoms in total. The summed E-state index contributed by atoms with van der Waals surface area (Å²) in [6.45, 7) is 10.00. The zero-order chi connectivity index (χ0) is 16.6. The molecule has 2 amide bonds. The predicted molar refractivity (Wildman–Crippen MR) is 73.8 cm³/mol. The van der Waals surface area contributed by atoms with E-state index in [0.29, 0.717) is 0 Å². The SMILES string of the molecule is CC(C)(C)OC(=O)N(C(=O)OC(C)(C)C)C1CC1C(=O)O. The van der Waals surface area contributed by atoms with E-state index < -0.39 is 41.3 Å². The maximum Gasteiger partial charge on any atom is 0.420 e. The Kier molecular flexibility index (Phi) is 4.55. The summed E-state index contributed by atoms with van der Waals surface area (Å²) in [6, 6.07) is -0.716. The van der Waals surface area contributed by atoms with Crippen LogP contribution in [-0.4, -0.2) is 45.4 Å². The van der Waals surface area contributed by atoms with E-state index in [1.165, 1.54) is 0 Å². The molecular formula is C14H23NO6. The molecule has 0 saturated heterocycles. The fourth-order valence-corrected chi connectivity index (χ4v) is 1.70. The van der Waals surface area contributed by atoms with E-state index in [0.717, 1.165) is 4.90 Å². The summed E-state index contributed by atoms with van der Waals surface area (Å²) in [6.07, 6.45) is -1.55. The van der Waals surface area contributed by atoms with Crippen molar-refractivity contribution in [3.63, 3.8) is 0 Å². The number of carboxylic acids is 1. The maximum absolute atomic E-state index is 12.1. The molecule has 1 aliphatic rings. The Balaban J connectivity index is 2.89. The third kappa shape index (κ3) is 5.24. The van der Waals surface area contributed by atoms with Crippen LogP contribution in [0.3, 0.4) is 0 Å². The van der Waals surface area contributed by atoms with Gasteiger partial charge in [0, 0.05) is 0 Å². The number of carbonyl (C=O) groups is 3. The van der Waals surface area contributed by atoms with Gasteiger partial charge in [0.2, 0.25) is 0 Å². The summed E-state index contributed by atoms with van der Waals surface area (Å²) in [4.78, 5) is 36.0. The van der Waals surface area contributed by atoms with Gasteiger partial charge in [-0.2, -0.15) is 0 Å². The Hall–Kier alpha value is -1.79. The molecular weight excluding hydrogens is 278 g/mol. The molecule has 21 heavy (non-hydrogen) atoms. The lowest BCUT2D eigenvalue weighted by atomic mass is 10.2. The van der Waals surface area contributed by atoms with Crippen molar-refractivity contribution < 1.29 is 29.0 Å². The summed E-state index contributed by atoms with van der Waals surface area (Å²) in [7, 11) is 0. The summed E-state index contributed by atoms with van der Waals surface area (Å²) in [5, 5.41) is 8.97. The first-order valence-electron chi connectivity index (χ1n) is 6.80. The second-order valence-electron chi connectivity index (χ2n) is 7.08. The van der Waals surface area contributed by atoms with Crippen molar-refractivity contribution in [1.82, 2.24) is 4.90 Å². The summed E-state index contributed by atoms with van der Waals surface area (Å²) >= 11 is 0. The summed E-state index contributed by atoms with van der Waals surface area (Å²) in [5.41, 5.74) is -1.57. The number of rotatable bonds is 2. The van der Waals surface area contributed by atoms with Crippen LogP contribution in [0.1, 0.15) is 48.0 Å². The highest BCUT2D eigenvalue weighted by Gasteiger charge is 2.53. The van der Waals surface area contributed by atoms with Crippen LogP contribution < -0.4 is 0 Å². The Labute approximate surface area is 124 Å². The number of aliphatic carboxylic acids is 1. The largest absolute Gasteiger partial charge is 0.481 e. The van der Waals surface area contributed by atoms with Gasteiger partial charge in [-0.1, -0.05) is 0 Å². The molecule has 1 rings (SSSR count). The van der Waals surface area contributed by atoms with E-state index in [4.69, 9.17) is 14.6 Å². The molecule has 0 radical (unpaired) electrons. The highest BCUT2D eigenvalue weighted by molar-refractivity contribution is 5.90. The Morgan fingerprint density at radius 2 is 1.33 bits per heavy atom. The van der Waals surface area contributed by atoms with E-state index >= 15 is 0 Å². The monoisotopic (exact) mass is 301 g/mol. The van der Waals surface area contributed by atoms with Crippen molar-refractivity contribution >= 4 is 18.2 Å². The second kappa shape index (κ2) is 5.54. The van der Waals surface area contributed by atoms with Crippen LogP contribution >= 0.6 is 0 Å². The Bertz CT molecular complexity index is 417. The molecule has 0 heterocycles. The van der Waals surface area contributed by atoms with Crippen LogP contribution in [0.15, 0.2) is 0 Å². The van der Waals surface area contributed by atoms with Crippen LogP contribution in [0, 0.1) is 5.92 Å². The summed E-state index contributed by atoms with van der Waals surface area (Å²) < 4.78 is 10.3. The van der Waals surface area contributed by atoms with Gasteiger partial charge in [-0.3, -0.25) is 4.79 Å². The van der Waals surface area contributed by atoms with Gasteiger partial charge in [0.25, 0.3) is 0 Å². The first kappa shape index (κ1) is 17.3. The molecule has 7 heteroatoms. The minimum absolute atomic E-state index is 0.216. The lowest BCUT2D eigenvalue weighted by Gasteiger charge is -2.28. The number of hydrogen-bond acceptors (Lipinski definition) is 5. The van der Waals surface area contributed by atoms with Gasteiger partial charge in [0.15, 0.2) is 0 Å². The lowest BCUT2D eigenvalue weighted by molar-refractivity contribution is -0.138. The quantitative estimate of drug-likeness (QED) is 0.842. The number of amides is 2. The molecule has 1 fully saturated rings. The van der Waals surface area contributed by atoms with Crippen molar-refractivity contribution in [2.45, 2.75) is 65.2 Å². The van der Waals surface area contributed by atoms with Crippen LogP contribution in [0.2, 0.25) is 0 Å².